The maximum atomic E-state index is 13.0. The van der Waals surface area contributed by atoms with Crippen molar-refractivity contribution in [2.45, 2.75) is 0 Å². The molecule has 3 aromatic rings. The van der Waals surface area contributed by atoms with Gasteiger partial charge in [-0.05, 0) is 29.8 Å². The molecule has 3 nitrogen and oxygen atoms in total. The van der Waals surface area contributed by atoms with Gasteiger partial charge in [0.1, 0.15) is 5.82 Å². The van der Waals surface area contributed by atoms with Gasteiger partial charge in [0.05, 0.1) is 10.2 Å². The third kappa shape index (κ3) is 2.32. The van der Waals surface area contributed by atoms with Crippen LogP contribution in [0.1, 0.15) is 9.80 Å². The van der Waals surface area contributed by atoms with Crippen molar-refractivity contribution in [2.24, 2.45) is 0 Å². The smallest absolute Gasteiger partial charge is 0.365 e. The molecule has 1 heterocycles. The van der Waals surface area contributed by atoms with Crippen molar-refractivity contribution < 1.29 is 14.3 Å². The number of carboxylic acids is 1. The van der Waals surface area contributed by atoms with Crippen LogP contribution in [-0.2, 0) is 0 Å². The first-order chi connectivity index (χ1) is 9.54. The van der Waals surface area contributed by atoms with Crippen LogP contribution in [0.4, 0.5) is 4.39 Å². The van der Waals surface area contributed by atoms with Crippen LogP contribution in [-0.4, -0.2) is 16.1 Å². The summed E-state index contributed by atoms with van der Waals surface area (Å²) in [5.74, 6) is -1.36. The van der Waals surface area contributed by atoms with E-state index in [1.807, 2.05) is 6.07 Å². The lowest BCUT2D eigenvalue weighted by molar-refractivity contribution is 0.0696. The molecule has 100 valence electrons. The van der Waals surface area contributed by atoms with E-state index in [1.54, 1.807) is 18.2 Å². The Labute approximate surface area is 125 Å². The highest BCUT2D eigenvalue weighted by Gasteiger charge is 2.15. The Kier molecular flexibility index (Phi) is 3.27. The van der Waals surface area contributed by atoms with Crippen molar-refractivity contribution in [3.63, 3.8) is 0 Å². The van der Waals surface area contributed by atoms with E-state index < -0.39 is 5.97 Å². The van der Waals surface area contributed by atoms with Crippen molar-refractivity contribution >= 4 is 43.5 Å². The molecule has 0 saturated carbocycles. The maximum absolute atomic E-state index is 13.0. The van der Waals surface area contributed by atoms with Gasteiger partial charge in [0.25, 0.3) is 0 Å². The Morgan fingerprint density at radius 3 is 2.60 bits per heavy atom. The minimum Gasteiger partial charge on any atom is -0.476 e. The zero-order chi connectivity index (χ0) is 14.3. The maximum Gasteiger partial charge on any atom is 0.365 e. The van der Waals surface area contributed by atoms with E-state index >= 15 is 0 Å². The standard InChI is InChI=1S/C14H7BrFNO2S/c15-8-5-10(7-1-3-9(16)4-2-7)12-11(6-8)17-13(20-12)14(18)19/h1-6H,(H,18,19). The number of hydrogen-bond acceptors (Lipinski definition) is 3. The Morgan fingerprint density at radius 2 is 1.95 bits per heavy atom. The topological polar surface area (TPSA) is 50.2 Å². The fourth-order valence-electron chi connectivity index (χ4n) is 1.93. The van der Waals surface area contributed by atoms with E-state index in [0.29, 0.717) is 5.52 Å². The normalized spacial score (nSPS) is 10.9. The first-order valence-corrected chi connectivity index (χ1v) is 7.25. The molecule has 6 heteroatoms. The molecule has 2 aromatic carbocycles. The zero-order valence-electron chi connectivity index (χ0n) is 9.93. The average molecular weight is 352 g/mol. The molecule has 1 N–H and O–H groups in total. The zero-order valence-corrected chi connectivity index (χ0v) is 12.3. The van der Waals surface area contributed by atoms with Crippen LogP contribution in [0.2, 0.25) is 0 Å². The molecular formula is C14H7BrFNO2S. The monoisotopic (exact) mass is 351 g/mol. The number of thiazole rings is 1. The average Bonchev–Trinajstić information content (AvgIpc) is 2.82. The van der Waals surface area contributed by atoms with Crippen molar-refractivity contribution in [1.82, 2.24) is 4.98 Å². The minimum atomic E-state index is -1.05. The third-order valence-electron chi connectivity index (χ3n) is 2.79. The quantitative estimate of drug-likeness (QED) is 0.735. The van der Waals surface area contributed by atoms with Crippen molar-refractivity contribution in [2.75, 3.05) is 0 Å². The molecule has 0 saturated heterocycles. The van der Waals surface area contributed by atoms with Crippen LogP contribution in [0, 0.1) is 5.82 Å². The fraction of sp³-hybridized carbons (Fsp3) is 0. The molecule has 0 aliphatic rings. The predicted molar refractivity (Wildman–Crippen MR) is 79.7 cm³/mol. The summed E-state index contributed by atoms with van der Waals surface area (Å²) in [5.41, 5.74) is 2.26. The summed E-state index contributed by atoms with van der Waals surface area (Å²) >= 11 is 4.50. The number of hydrogen-bond donors (Lipinski definition) is 1. The van der Waals surface area contributed by atoms with Gasteiger partial charge in [-0.15, -0.1) is 11.3 Å². The van der Waals surface area contributed by atoms with Gasteiger partial charge in [0, 0.05) is 10.0 Å². The van der Waals surface area contributed by atoms with Gasteiger partial charge in [0.2, 0.25) is 5.01 Å². The highest BCUT2D eigenvalue weighted by molar-refractivity contribution is 9.10. The van der Waals surface area contributed by atoms with Crippen molar-refractivity contribution in [3.8, 4) is 11.1 Å². The van der Waals surface area contributed by atoms with Gasteiger partial charge in [-0.3, -0.25) is 0 Å². The molecule has 1 aromatic heterocycles. The number of carboxylic acid groups (broad SMARTS) is 1. The molecule has 20 heavy (non-hydrogen) atoms. The van der Waals surface area contributed by atoms with Crippen LogP contribution >= 0.6 is 27.3 Å². The van der Waals surface area contributed by atoms with Crippen molar-refractivity contribution in [3.05, 3.63) is 51.7 Å². The van der Waals surface area contributed by atoms with E-state index in [2.05, 4.69) is 20.9 Å². The number of rotatable bonds is 2. The van der Waals surface area contributed by atoms with E-state index in [4.69, 9.17) is 5.11 Å². The highest BCUT2D eigenvalue weighted by Crippen LogP contribution is 2.35. The molecule has 3 rings (SSSR count). The molecule has 0 aliphatic heterocycles. The highest BCUT2D eigenvalue weighted by atomic mass is 79.9. The summed E-state index contributed by atoms with van der Waals surface area (Å²) in [6, 6.07) is 9.72. The van der Waals surface area contributed by atoms with E-state index in [-0.39, 0.29) is 10.8 Å². The Hall–Kier alpha value is -1.79. The molecule has 0 aliphatic carbocycles. The van der Waals surface area contributed by atoms with E-state index in [0.717, 1.165) is 31.6 Å². The summed E-state index contributed by atoms with van der Waals surface area (Å²) < 4.78 is 14.6. The molecular weight excluding hydrogens is 345 g/mol. The van der Waals surface area contributed by atoms with Gasteiger partial charge < -0.3 is 5.11 Å². The number of carbonyl (C=O) groups is 1. The van der Waals surface area contributed by atoms with Gasteiger partial charge in [-0.2, -0.15) is 0 Å². The lowest BCUT2D eigenvalue weighted by atomic mass is 10.1. The molecule has 0 fully saturated rings. The molecule has 0 spiro atoms. The molecule has 0 atom stereocenters. The number of aromatic carboxylic acids is 1. The third-order valence-corrected chi connectivity index (χ3v) is 4.34. The van der Waals surface area contributed by atoms with Crippen molar-refractivity contribution in [1.29, 1.82) is 0 Å². The number of nitrogens with zero attached hydrogens (tertiary/aromatic N) is 1. The molecule has 0 amide bonds. The van der Waals surface area contributed by atoms with Gasteiger partial charge in [-0.25, -0.2) is 14.2 Å². The molecule has 0 unspecified atom stereocenters. The second-order valence-corrected chi connectivity index (χ2v) is 6.05. The van der Waals surface area contributed by atoms with Crippen LogP contribution in [0.15, 0.2) is 40.9 Å². The largest absolute Gasteiger partial charge is 0.476 e. The fourth-order valence-corrected chi connectivity index (χ4v) is 3.30. The number of fused-ring (bicyclic) bond motifs is 1. The number of halogens is 2. The summed E-state index contributed by atoms with van der Waals surface area (Å²) in [6.45, 7) is 0. The van der Waals surface area contributed by atoms with E-state index in [9.17, 15) is 9.18 Å². The predicted octanol–water partition coefficient (Wildman–Crippen LogP) is 4.56. The number of benzene rings is 2. The Morgan fingerprint density at radius 1 is 1.25 bits per heavy atom. The van der Waals surface area contributed by atoms with Crippen LogP contribution in [0.25, 0.3) is 21.3 Å². The molecule has 0 bridgehead atoms. The minimum absolute atomic E-state index is 0.0430. The second-order valence-electron chi connectivity index (χ2n) is 4.13. The Balaban J connectivity index is 2.28. The second kappa shape index (κ2) is 4.96. The lowest BCUT2D eigenvalue weighted by Crippen LogP contribution is -1.93. The van der Waals surface area contributed by atoms with Gasteiger partial charge in [-0.1, -0.05) is 28.1 Å². The molecule has 0 radical (unpaired) electrons. The van der Waals surface area contributed by atoms with Crippen LogP contribution < -0.4 is 0 Å². The Bertz CT molecular complexity index is 814. The van der Waals surface area contributed by atoms with Crippen LogP contribution in [0.5, 0.6) is 0 Å². The summed E-state index contributed by atoms with van der Waals surface area (Å²) in [7, 11) is 0. The SMILES string of the molecule is O=C(O)c1nc2cc(Br)cc(-c3ccc(F)cc3)c2s1. The van der Waals surface area contributed by atoms with Gasteiger partial charge in [0.15, 0.2) is 0 Å². The number of aromatic nitrogens is 1. The lowest BCUT2D eigenvalue weighted by Gasteiger charge is -2.04. The first-order valence-electron chi connectivity index (χ1n) is 5.64. The summed E-state index contributed by atoms with van der Waals surface area (Å²) in [5, 5.41) is 9.08. The summed E-state index contributed by atoms with van der Waals surface area (Å²) in [4.78, 5) is 15.1. The summed E-state index contributed by atoms with van der Waals surface area (Å²) in [6.07, 6.45) is 0. The first kappa shape index (κ1) is 13.2. The van der Waals surface area contributed by atoms with Gasteiger partial charge >= 0.3 is 5.97 Å². The van der Waals surface area contributed by atoms with E-state index in [1.165, 1.54) is 12.1 Å². The van der Waals surface area contributed by atoms with Crippen LogP contribution in [0.3, 0.4) is 0 Å².